The Bertz CT molecular complexity index is 342. The van der Waals surface area contributed by atoms with E-state index in [0.29, 0.717) is 12.0 Å². The Morgan fingerprint density at radius 2 is 2.07 bits per heavy atom. The standard InChI is InChI=1S/C13H19NO/c1-9(2)10-4-7-12(14-3)13(8-10)15-11-5-6-11/h4,7-9,11,14H,5-6H2,1-3H3. The van der Waals surface area contributed by atoms with E-state index < -0.39 is 0 Å². The normalized spacial score (nSPS) is 15.5. The van der Waals surface area contributed by atoms with Crippen molar-refractivity contribution in [1.29, 1.82) is 0 Å². The molecule has 0 unspecified atom stereocenters. The first kappa shape index (κ1) is 10.3. The largest absolute Gasteiger partial charge is 0.488 e. The summed E-state index contributed by atoms with van der Waals surface area (Å²) in [5.41, 5.74) is 2.43. The third-order valence-corrected chi connectivity index (χ3v) is 2.76. The third kappa shape index (κ3) is 2.44. The Hall–Kier alpha value is -1.18. The molecule has 1 fully saturated rings. The zero-order valence-corrected chi connectivity index (χ0v) is 9.71. The second-order valence-corrected chi connectivity index (χ2v) is 4.48. The van der Waals surface area contributed by atoms with Crippen LogP contribution in [0.3, 0.4) is 0 Å². The summed E-state index contributed by atoms with van der Waals surface area (Å²) >= 11 is 0. The van der Waals surface area contributed by atoms with E-state index >= 15 is 0 Å². The molecule has 0 spiro atoms. The van der Waals surface area contributed by atoms with E-state index in [2.05, 4.69) is 37.4 Å². The molecule has 0 bridgehead atoms. The molecule has 0 heterocycles. The van der Waals surface area contributed by atoms with Crippen LogP contribution in [-0.2, 0) is 0 Å². The highest BCUT2D eigenvalue weighted by atomic mass is 16.5. The predicted octanol–water partition coefficient (Wildman–Crippen LogP) is 3.39. The van der Waals surface area contributed by atoms with Crippen molar-refractivity contribution in [2.45, 2.75) is 38.7 Å². The summed E-state index contributed by atoms with van der Waals surface area (Å²) in [5, 5.41) is 3.17. The molecule has 1 aromatic rings. The Labute approximate surface area is 91.6 Å². The van der Waals surface area contributed by atoms with E-state index in [4.69, 9.17) is 4.74 Å². The average Bonchev–Trinajstić information content (AvgIpc) is 3.01. The summed E-state index contributed by atoms with van der Waals surface area (Å²) in [7, 11) is 1.93. The van der Waals surface area contributed by atoms with E-state index in [1.807, 2.05) is 7.05 Å². The van der Waals surface area contributed by atoms with E-state index in [0.717, 1.165) is 11.4 Å². The molecule has 2 heteroatoms. The van der Waals surface area contributed by atoms with E-state index in [1.165, 1.54) is 18.4 Å². The van der Waals surface area contributed by atoms with Gasteiger partial charge in [-0.05, 0) is 36.5 Å². The van der Waals surface area contributed by atoms with Crippen molar-refractivity contribution in [3.05, 3.63) is 23.8 Å². The van der Waals surface area contributed by atoms with Crippen molar-refractivity contribution in [3.8, 4) is 5.75 Å². The molecule has 0 aliphatic heterocycles. The highest BCUT2D eigenvalue weighted by molar-refractivity contribution is 5.57. The third-order valence-electron chi connectivity index (χ3n) is 2.76. The van der Waals surface area contributed by atoms with Crippen LogP contribution in [0.1, 0.15) is 38.2 Å². The molecule has 0 amide bonds. The quantitative estimate of drug-likeness (QED) is 0.813. The monoisotopic (exact) mass is 205 g/mol. The van der Waals surface area contributed by atoms with Crippen molar-refractivity contribution in [3.63, 3.8) is 0 Å². The molecule has 1 N–H and O–H groups in total. The molecular weight excluding hydrogens is 186 g/mol. The molecule has 1 aliphatic carbocycles. The lowest BCUT2D eigenvalue weighted by Crippen LogP contribution is -2.01. The molecular formula is C13H19NO. The molecule has 2 nitrogen and oxygen atoms in total. The topological polar surface area (TPSA) is 21.3 Å². The van der Waals surface area contributed by atoms with Gasteiger partial charge in [0.2, 0.25) is 0 Å². The molecule has 0 aromatic heterocycles. The SMILES string of the molecule is CNc1ccc(C(C)C)cc1OC1CC1. The Kier molecular flexibility index (Phi) is 2.85. The second-order valence-electron chi connectivity index (χ2n) is 4.48. The molecule has 1 aromatic carbocycles. The minimum Gasteiger partial charge on any atom is -0.488 e. The van der Waals surface area contributed by atoms with Crippen molar-refractivity contribution < 1.29 is 4.74 Å². The van der Waals surface area contributed by atoms with Gasteiger partial charge in [0.05, 0.1) is 11.8 Å². The van der Waals surface area contributed by atoms with Crippen LogP contribution in [0.4, 0.5) is 5.69 Å². The van der Waals surface area contributed by atoms with Crippen LogP contribution in [0.25, 0.3) is 0 Å². The van der Waals surface area contributed by atoms with Crippen molar-refractivity contribution in [1.82, 2.24) is 0 Å². The highest BCUT2D eigenvalue weighted by Gasteiger charge is 2.24. The van der Waals surface area contributed by atoms with Gasteiger partial charge in [-0.1, -0.05) is 19.9 Å². The minimum absolute atomic E-state index is 0.458. The summed E-state index contributed by atoms with van der Waals surface area (Å²) in [4.78, 5) is 0. The average molecular weight is 205 g/mol. The number of ether oxygens (including phenoxy) is 1. The number of nitrogens with one attached hydrogen (secondary N) is 1. The summed E-state index contributed by atoms with van der Waals surface area (Å²) < 4.78 is 5.88. The molecule has 0 atom stereocenters. The van der Waals surface area contributed by atoms with Gasteiger partial charge >= 0.3 is 0 Å². The fourth-order valence-electron chi connectivity index (χ4n) is 1.57. The fraction of sp³-hybridized carbons (Fsp3) is 0.538. The lowest BCUT2D eigenvalue weighted by atomic mass is 10.0. The van der Waals surface area contributed by atoms with Gasteiger partial charge in [-0.3, -0.25) is 0 Å². The van der Waals surface area contributed by atoms with Crippen LogP contribution >= 0.6 is 0 Å². The maximum Gasteiger partial charge on any atom is 0.143 e. The van der Waals surface area contributed by atoms with E-state index in [1.54, 1.807) is 0 Å². The second kappa shape index (κ2) is 4.13. The van der Waals surface area contributed by atoms with Crippen LogP contribution < -0.4 is 10.1 Å². The number of hydrogen-bond acceptors (Lipinski definition) is 2. The van der Waals surface area contributed by atoms with Crippen LogP contribution in [0.15, 0.2) is 18.2 Å². The maximum absolute atomic E-state index is 5.88. The molecule has 82 valence electrons. The zero-order chi connectivity index (χ0) is 10.8. The van der Waals surface area contributed by atoms with Gasteiger partial charge in [-0.25, -0.2) is 0 Å². The highest BCUT2D eigenvalue weighted by Crippen LogP contribution is 2.34. The van der Waals surface area contributed by atoms with Gasteiger partial charge in [0.1, 0.15) is 5.75 Å². The molecule has 15 heavy (non-hydrogen) atoms. The minimum atomic E-state index is 0.458. The van der Waals surface area contributed by atoms with Gasteiger partial charge in [-0.15, -0.1) is 0 Å². The van der Waals surface area contributed by atoms with Crippen LogP contribution in [0.5, 0.6) is 5.75 Å². The Balaban J connectivity index is 2.24. The molecule has 2 rings (SSSR count). The molecule has 1 saturated carbocycles. The molecule has 0 saturated heterocycles. The van der Waals surface area contributed by atoms with Gasteiger partial charge in [0, 0.05) is 7.05 Å². The number of anilines is 1. The van der Waals surface area contributed by atoms with Crippen LogP contribution in [0.2, 0.25) is 0 Å². The van der Waals surface area contributed by atoms with E-state index in [-0.39, 0.29) is 0 Å². The lowest BCUT2D eigenvalue weighted by Gasteiger charge is -2.13. The van der Waals surface area contributed by atoms with Crippen molar-refractivity contribution in [2.75, 3.05) is 12.4 Å². The Morgan fingerprint density at radius 1 is 1.33 bits per heavy atom. The maximum atomic E-state index is 5.88. The summed E-state index contributed by atoms with van der Waals surface area (Å²) in [6, 6.07) is 6.43. The molecule has 1 aliphatic rings. The fourth-order valence-corrected chi connectivity index (χ4v) is 1.57. The van der Waals surface area contributed by atoms with Gasteiger partial charge in [-0.2, -0.15) is 0 Å². The summed E-state index contributed by atoms with van der Waals surface area (Å²) in [6.45, 7) is 4.41. The number of rotatable bonds is 4. The van der Waals surface area contributed by atoms with Gasteiger partial charge < -0.3 is 10.1 Å². The summed E-state index contributed by atoms with van der Waals surface area (Å²) in [5.74, 6) is 1.56. The van der Waals surface area contributed by atoms with Gasteiger partial charge in [0.15, 0.2) is 0 Å². The zero-order valence-electron chi connectivity index (χ0n) is 9.71. The lowest BCUT2D eigenvalue weighted by molar-refractivity contribution is 0.304. The van der Waals surface area contributed by atoms with Crippen molar-refractivity contribution >= 4 is 5.69 Å². The number of hydrogen-bond donors (Lipinski definition) is 1. The smallest absolute Gasteiger partial charge is 0.143 e. The Morgan fingerprint density at radius 3 is 2.60 bits per heavy atom. The molecule has 0 radical (unpaired) electrons. The van der Waals surface area contributed by atoms with Crippen LogP contribution in [0, 0.1) is 0 Å². The first-order valence-electron chi connectivity index (χ1n) is 5.69. The number of benzene rings is 1. The van der Waals surface area contributed by atoms with E-state index in [9.17, 15) is 0 Å². The summed E-state index contributed by atoms with van der Waals surface area (Å²) in [6.07, 6.45) is 2.86. The van der Waals surface area contributed by atoms with Crippen LogP contribution in [-0.4, -0.2) is 13.2 Å². The first-order valence-corrected chi connectivity index (χ1v) is 5.69. The first-order chi connectivity index (χ1) is 7.20. The predicted molar refractivity (Wildman–Crippen MR) is 63.7 cm³/mol. The van der Waals surface area contributed by atoms with Crippen molar-refractivity contribution in [2.24, 2.45) is 0 Å². The van der Waals surface area contributed by atoms with Gasteiger partial charge in [0.25, 0.3) is 0 Å².